The number of hydrogen-bond donors (Lipinski definition) is 1. The maximum atomic E-state index is 6.03. The number of nitrogens with one attached hydrogen (secondary N) is 1. The molecule has 0 amide bonds. The van der Waals surface area contributed by atoms with Crippen molar-refractivity contribution in [1.82, 2.24) is 10.3 Å². The van der Waals surface area contributed by atoms with Crippen molar-refractivity contribution in [2.75, 3.05) is 44.3 Å². The molecule has 0 saturated carbocycles. The molecule has 5 rings (SSSR count). The molecule has 4 heterocycles. The number of nitrogens with zero attached hydrogens (tertiary/aromatic N) is 2. The van der Waals surface area contributed by atoms with E-state index in [-0.39, 0.29) is 12.2 Å². The summed E-state index contributed by atoms with van der Waals surface area (Å²) in [4.78, 5) is 7.67. The van der Waals surface area contributed by atoms with Crippen LogP contribution in [0.15, 0.2) is 24.3 Å². The van der Waals surface area contributed by atoms with Crippen LogP contribution in [0.1, 0.15) is 49.1 Å². The largest absolute Gasteiger partial charge is 0.373 e. The lowest BCUT2D eigenvalue weighted by Gasteiger charge is -2.30. The van der Waals surface area contributed by atoms with Crippen molar-refractivity contribution in [3.63, 3.8) is 0 Å². The van der Waals surface area contributed by atoms with Crippen molar-refractivity contribution < 1.29 is 9.47 Å². The van der Waals surface area contributed by atoms with Crippen LogP contribution in [-0.2, 0) is 9.47 Å². The molecule has 3 fully saturated rings. The van der Waals surface area contributed by atoms with E-state index in [4.69, 9.17) is 14.5 Å². The Morgan fingerprint density at radius 1 is 1.00 bits per heavy atom. The van der Waals surface area contributed by atoms with Gasteiger partial charge in [-0.1, -0.05) is 12.1 Å². The summed E-state index contributed by atoms with van der Waals surface area (Å²) in [6, 6.07) is 8.88. The lowest BCUT2D eigenvalue weighted by atomic mass is 9.97. The zero-order valence-corrected chi connectivity index (χ0v) is 15.2. The van der Waals surface area contributed by atoms with E-state index in [1.807, 2.05) is 0 Å². The fraction of sp³-hybridized carbons (Fsp3) is 0.571. The van der Waals surface area contributed by atoms with Crippen LogP contribution in [-0.4, -0.2) is 44.4 Å². The molecule has 5 nitrogen and oxygen atoms in total. The first kappa shape index (κ1) is 16.5. The minimum absolute atomic E-state index is 0.120. The highest BCUT2D eigenvalue weighted by atomic mass is 16.5. The molecule has 26 heavy (non-hydrogen) atoms. The number of anilines is 1. The monoisotopic (exact) mass is 353 g/mol. The minimum Gasteiger partial charge on any atom is -0.373 e. The number of ether oxygens (including phenoxy) is 2. The number of rotatable bonds is 3. The standard InChI is InChI=1S/C21H27N3O2/c1-4-15-14-16(18-6-2-12-25-18)21(19-7-3-13-26-19)23-20(15)17(5-1)24-10-8-22-9-11-24/h1,4-5,14,18-19,22H,2-3,6-13H2. The van der Waals surface area contributed by atoms with E-state index in [9.17, 15) is 0 Å². The smallest absolute Gasteiger partial charge is 0.0999 e. The number of piperazine rings is 1. The van der Waals surface area contributed by atoms with Crippen LogP contribution >= 0.6 is 0 Å². The normalized spacial score (nSPS) is 26.7. The van der Waals surface area contributed by atoms with E-state index in [2.05, 4.69) is 34.5 Å². The van der Waals surface area contributed by atoms with Gasteiger partial charge in [-0.15, -0.1) is 0 Å². The van der Waals surface area contributed by atoms with Crippen LogP contribution in [0.2, 0.25) is 0 Å². The SMILES string of the molecule is c1cc(N2CCNCC2)c2nc(C3CCCO3)c(C3CCCO3)cc2c1. The Morgan fingerprint density at radius 3 is 2.50 bits per heavy atom. The minimum atomic E-state index is 0.120. The summed E-state index contributed by atoms with van der Waals surface area (Å²) in [5.41, 5.74) is 4.73. The second-order valence-corrected chi connectivity index (χ2v) is 7.55. The third-order valence-electron chi connectivity index (χ3n) is 5.85. The van der Waals surface area contributed by atoms with Crippen LogP contribution in [0.25, 0.3) is 10.9 Å². The molecule has 1 aromatic carbocycles. The fourth-order valence-electron chi connectivity index (χ4n) is 4.51. The molecule has 0 aliphatic carbocycles. The average Bonchev–Trinajstić information content (AvgIpc) is 3.41. The zero-order valence-electron chi connectivity index (χ0n) is 15.2. The Kier molecular flexibility index (Phi) is 4.53. The first-order valence-corrected chi connectivity index (χ1v) is 10.0. The molecule has 3 aliphatic heterocycles. The number of benzene rings is 1. The second kappa shape index (κ2) is 7.14. The van der Waals surface area contributed by atoms with Crippen molar-refractivity contribution in [3.05, 3.63) is 35.5 Å². The van der Waals surface area contributed by atoms with E-state index < -0.39 is 0 Å². The van der Waals surface area contributed by atoms with Crippen molar-refractivity contribution in [1.29, 1.82) is 0 Å². The van der Waals surface area contributed by atoms with E-state index in [1.165, 1.54) is 16.6 Å². The third-order valence-corrected chi connectivity index (χ3v) is 5.85. The summed E-state index contributed by atoms with van der Waals surface area (Å²) in [5.74, 6) is 0. The van der Waals surface area contributed by atoms with Gasteiger partial charge in [-0.3, -0.25) is 0 Å². The van der Waals surface area contributed by atoms with Gasteiger partial charge < -0.3 is 19.7 Å². The Morgan fingerprint density at radius 2 is 1.77 bits per heavy atom. The molecule has 3 aliphatic rings. The molecule has 1 aromatic heterocycles. The highest BCUT2D eigenvalue weighted by molar-refractivity contribution is 5.91. The van der Waals surface area contributed by atoms with Crippen LogP contribution in [0, 0.1) is 0 Å². The van der Waals surface area contributed by atoms with Gasteiger partial charge in [0, 0.05) is 50.3 Å². The fourth-order valence-corrected chi connectivity index (χ4v) is 4.51. The molecule has 0 spiro atoms. The van der Waals surface area contributed by atoms with Gasteiger partial charge >= 0.3 is 0 Å². The van der Waals surface area contributed by atoms with Crippen molar-refractivity contribution in [3.8, 4) is 0 Å². The van der Waals surface area contributed by atoms with Crippen LogP contribution in [0.4, 0.5) is 5.69 Å². The van der Waals surface area contributed by atoms with Crippen molar-refractivity contribution in [2.45, 2.75) is 37.9 Å². The van der Waals surface area contributed by atoms with Crippen LogP contribution in [0.5, 0.6) is 0 Å². The molecule has 5 heteroatoms. The van der Waals surface area contributed by atoms with Gasteiger partial charge in [0.05, 0.1) is 29.1 Å². The molecule has 2 atom stereocenters. The first-order chi connectivity index (χ1) is 12.9. The average molecular weight is 353 g/mol. The predicted molar refractivity (Wildman–Crippen MR) is 103 cm³/mol. The van der Waals surface area contributed by atoms with Crippen molar-refractivity contribution >= 4 is 16.6 Å². The number of aromatic nitrogens is 1. The molecule has 0 bridgehead atoms. The molecule has 138 valence electrons. The maximum absolute atomic E-state index is 6.03. The Labute approximate surface area is 154 Å². The molecule has 2 aromatic rings. The predicted octanol–water partition coefficient (Wildman–Crippen LogP) is 3.35. The Balaban J connectivity index is 1.63. The van der Waals surface area contributed by atoms with E-state index in [0.717, 1.165) is 76.3 Å². The number of para-hydroxylation sites is 1. The molecule has 1 N–H and O–H groups in total. The number of pyridine rings is 1. The molecule has 3 saturated heterocycles. The van der Waals surface area contributed by atoms with Gasteiger partial charge in [0.15, 0.2) is 0 Å². The Hall–Kier alpha value is -1.69. The van der Waals surface area contributed by atoms with Gasteiger partial charge in [0.25, 0.3) is 0 Å². The van der Waals surface area contributed by atoms with Crippen LogP contribution in [0.3, 0.4) is 0 Å². The lowest BCUT2D eigenvalue weighted by Crippen LogP contribution is -2.43. The van der Waals surface area contributed by atoms with Gasteiger partial charge in [-0.05, 0) is 37.8 Å². The topological polar surface area (TPSA) is 46.6 Å². The summed E-state index contributed by atoms with van der Waals surface area (Å²) in [5, 5.41) is 4.65. The quantitative estimate of drug-likeness (QED) is 0.917. The second-order valence-electron chi connectivity index (χ2n) is 7.55. The van der Waals surface area contributed by atoms with Gasteiger partial charge in [0.1, 0.15) is 0 Å². The lowest BCUT2D eigenvalue weighted by molar-refractivity contribution is 0.0918. The Bertz CT molecular complexity index is 776. The van der Waals surface area contributed by atoms with Gasteiger partial charge in [-0.2, -0.15) is 0 Å². The summed E-state index contributed by atoms with van der Waals surface area (Å²) in [6.45, 7) is 5.82. The van der Waals surface area contributed by atoms with Gasteiger partial charge in [0.2, 0.25) is 0 Å². The maximum Gasteiger partial charge on any atom is 0.0999 e. The zero-order chi connectivity index (χ0) is 17.3. The van der Waals surface area contributed by atoms with Gasteiger partial charge in [-0.25, -0.2) is 4.98 Å². The van der Waals surface area contributed by atoms with Crippen LogP contribution < -0.4 is 10.2 Å². The third kappa shape index (κ3) is 2.98. The number of fused-ring (bicyclic) bond motifs is 1. The molecular weight excluding hydrogens is 326 g/mol. The first-order valence-electron chi connectivity index (χ1n) is 10.0. The summed E-state index contributed by atoms with van der Waals surface area (Å²) < 4.78 is 12.1. The summed E-state index contributed by atoms with van der Waals surface area (Å²) >= 11 is 0. The highest BCUT2D eigenvalue weighted by Crippen LogP contribution is 2.39. The van der Waals surface area contributed by atoms with Crippen molar-refractivity contribution in [2.24, 2.45) is 0 Å². The molecule has 0 radical (unpaired) electrons. The van der Waals surface area contributed by atoms with E-state index >= 15 is 0 Å². The molecule has 2 unspecified atom stereocenters. The molecular formula is C21H27N3O2. The summed E-state index contributed by atoms with van der Waals surface area (Å²) in [6.07, 6.45) is 4.70. The van der Waals surface area contributed by atoms with E-state index in [1.54, 1.807) is 0 Å². The number of hydrogen-bond acceptors (Lipinski definition) is 5. The van der Waals surface area contributed by atoms with E-state index in [0.29, 0.717) is 0 Å². The summed E-state index contributed by atoms with van der Waals surface area (Å²) in [7, 11) is 0. The highest BCUT2D eigenvalue weighted by Gasteiger charge is 2.29.